The summed E-state index contributed by atoms with van der Waals surface area (Å²) in [6.07, 6.45) is 1.00. The van der Waals surface area contributed by atoms with Gasteiger partial charge < -0.3 is 25.1 Å². The van der Waals surface area contributed by atoms with Crippen LogP contribution >= 0.6 is 0 Å². The minimum Gasteiger partial charge on any atom is -0.494 e. The van der Waals surface area contributed by atoms with Crippen LogP contribution in [-0.2, 0) is 9.63 Å². The van der Waals surface area contributed by atoms with Crippen LogP contribution in [0.15, 0.2) is 58.7 Å². The highest BCUT2D eigenvalue weighted by molar-refractivity contribution is 6.58. The lowest BCUT2D eigenvalue weighted by molar-refractivity contribution is -0.137. The predicted molar refractivity (Wildman–Crippen MR) is 117 cm³/mol. The Kier molecular flexibility index (Phi) is 4.07. The fourth-order valence-electron chi connectivity index (χ4n) is 4.81. The van der Waals surface area contributed by atoms with Crippen LogP contribution in [0, 0.1) is 0 Å². The largest absolute Gasteiger partial charge is 0.494 e. The van der Waals surface area contributed by atoms with Crippen LogP contribution in [0.1, 0.15) is 17.5 Å². The number of piperazine rings is 1. The van der Waals surface area contributed by atoms with Crippen molar-refractivity contribution in [3.8, 4) is 5.88 Å². The second-order valence-corrected chi connectivity index (χ2v) is 8.13. The number of aliphatic imine (C=N–C) groups is 1. The summed E-state index contributed by atoms with van der Waals surface area (Å²) in [6.45, 7) is 1.44. The Balaban J connectivity index is 1.31. The number of likely N-dealkylation sites (tertiary alicyclic amines) is 1. The molecule has 0 aliphatic carbocycles. The fraction of sp³-hybridized carbons (Fsp3) is 0.261. The lowest BCUT2D eigenvalue weighted by Gasteiger charge is -2.26. The second-order valence-electron chi connectivity index (χ2n) is 8.13. The first-order valence-electron chi connectivity index (χ1n) is 10.4. The summed E-state index contributed by atoms with van der Waals surface area (Å²) in [5.41, 5.74) is 3.96. The average molecular weight is 415 g/mol. The average Bonchev–Trinajstić information content (AvgIpc) is 3.55. The summed E-state index contributed by atoms with van der Waals surface area (Å²) < 4.78 is 0. The van der Waals surface area contributed by atoms with Crippen molar-refractivity contribution < 1.29 is 14.7 Å². The van der Waals surface area contributed by atoms with Crippen LogP contribution in [0.3, 0.4) is 0 Å². The monoisotopic (exact) mass is 415 g/mol. The number of aromatic amines is 1. The number of benzene rings is 2. The smallest absolute Gasteiger partial charge is 0.263 e. The van der Waals surface area contributed by atoms with Gasteiger partial charge in [0, 0.05) is 41.6 Å². The molecular weight excluding hydrogens is 394 g/mol. The first-order valence-corrected chi connectivity index (χ1v) is 10.4. The Morgan fingerprint density at radius 2 is 2.06 bits per heavy atom. The van der Waals surface area contributed by atoms with Crippen molar-refractivity contribution in [2.75, 3.05) is 19.7 Å². The highest BCUT2D eigenvalue weighted by atomic mass is 16.6. The van der Waals surface area contributed by atoms with E-state index in [4.69, 9.17) is 9.83 Å². The van der Waals surface area contributed by atoms with Gasteiger partial charge in [-0.25, -0.2) is 4.99 Å². The maximum Gasteiger partial charge on any atom is 0.263 e. The number of rotatable bonds is 4. The molecular formula is C23H21N5O3. The van der Waals surface area contributed by atoms with E-state index in [9.17, 15) is 9.90 Å². The molecule has 3 aliphatic rings. The topological polar surface area (TPSA) is 102 Å². The third kappa shape index (κ3) is 2.90. The molecule has 2 bridgehead atoms. The predicted octanol–water partition coefficient (Wildman–Crippen LogP) is 2.30. The van der Waals surface area contributed by atoms with Gasteiger partial charge in [0.1, 0.15) is 11.4 Å². The number of nitrogens with zero attached hydrogens (tertiary/aromatic N) is 3. The number of carbonyl (C=O) groups is 1. The molecule has 0 saturated carbocycles. The van der Waals surface area contributed by atoms with Crippen molar-refractivity contribution in [3.63, 3.8) is 0 Å². The number of H-pyrrole nitrogens is 1. The van der Waals surface area contributed by atoms with Gasteiger partial charge in [0.2, 0.25) is 0 Å². The van der Waals surface area contributed by atoms with Crippen molar-refractivity contribution in [3.05, 3.63) is 59.7 Å². The first kappa shape index (κ1) is 18.1. The van der Waals surface area contributed by atoms with Gasteiger partial charge in [-0.15, -0.1) is 0 Å². The minimum atomic E-state index is -0.123. The Hall–Kier alpha value is -3.65. The molecule has 8 nitrogen and oxygen atoms in total. The SMILES string of the molecule is O=C(CON=C1C(c2c(O)[nH]c3ccccc23)=Nc2ccccc21)N1C[C@@H]2C[C@H]1CN2. The quantitative estimate of drug-likeness (QED) is 0.569. The van der Waals surface area contributed by atoms with E-state index >= 15 is 0 Å². The number of aromatic hydroxyl groups is 1. The number of aromatic nitrogens is 1. The van der Waals surface area contributed by atoms with E-state index < -0.39 is 0 Å². The highest BCUT2D eigenvalue weighted by Crippen LogP contribution is 2.35. The number of amides is 1. The van der Waals surface area contributed by atoms with Crippen LogP contribution < -0.4 is 5.32 Å². The molecule has 1 amide bonds. The van der Waals surface area contributed by atoms with Crippen LogP contribution in [0.2, 0.25) is 0 Å². The number of para-hydroxylation sites is 2. The molecule has 31 heavy (non-hydrogen) atoms. The molecule has 4 heterocycles. The first-order chi connectivity index (χ1) is 15.2. The Bertz CT molecular complexity index is 1260. The Morgan fingerprint density at radius 1 is 1.23 bits per heavy atom. The number of carbonyl (C=O) groups excluding carboxylic acids is 1. The number of fused-ring (bicyclic) bond motifs is 4. The molecule has 2 aromatic carbocycles. The number of hydrogen-bond donors (Lipinski definition) is 3. The Labute approximate surface area is 178 Å². The lowest BCUT2D eigenvalue weighted by atomic mass is 10.0. The molecule has 2 atom stereocenters. The molecule has 0 radical (unpaired) electrons. The molecule has 2 fully saturated rings. The maximum atomic E-state index is 12.6. The molecule has 156 valence electrons. The molecule has 0 spiro atoms. The summed E-state index contributed by atoms with van der Waals surface area (Å²) in [4.78, 5) is 27.7. The normalized spacial score (nSPS) is 22.9. The standard InChI is InChI=1S/C23H21N5O3/c29-19(28-11-13-9-14(28)10-24-13)12-31-27-21-16-6-2-4-8-18(16)25-22(21)20-15-5-1-3-7-17(15)26-23(20)30/h1-8,13-14,24,26,30H,9-12H2/t13-,14-/m0/s1. The molecule has 8 heteroatoms. The van der Waals surface area contributed by atoms with E-state index in [0.717, 1.165) is 41.7 Å². The highest BCUT2D eigenvalue weighted by Gasteiger charge is 2.40. The third-order valence-electron chi connectivity index (χ3n) is 6.26. The zero-order valence-corrected chi connectivity index (χ0v) is 16.7. The van der Waals surface area contributed by atoms with Gasteiger partial charge in [-0.3, -0.25) is 4.79 Å². The van der Waals surface area contributed by atoms with Crippen molar-refractivity contribution in [1.29, 1.82) is 0 Å². The van der Waals surface area contributed by atoms with E-state index in [2.05, 4.69) is 15.5 Å². The van der Waals surface area contributed by atoms with Gasteiger partial charge in [0.15, 0.2) is 12.5 Å². The summed E-state index contributed by atoms with van der Waals surface area (Å²) in [5.74, 6) is -0.0322. The summed E-state index contributed by atoms with van der Waals surface area (Å²) >= 11 is 0. The van der Waals surface area contributed by atoms with Crippen LogP contribution in [0.4, 0.5) is 5.69 Å². The van der Waals surface area contributed by atoms with Gasteiger partial charge in [0.05, 0.1) is 11.3 Å². The van der Waals surface area contributed by atoms with E-state index in [1.54, 1.807) is 0 Å². The molecule has 2 saturated heterocycles. The molecule has 3 aliphatic heterocycles. The van der Waals surface area contributed by atoms with Crippen molar-refractivity contribution in [1.82, 2.24) is 15.2 Å². The van der Waals surface area contributed by atoms with Gasteiger partial charge in [0.25, 0.3) is 5.91 Å². The fourth-order valence-corrected chi connectivity index (χ4v) is 4.81. The molecule has 6 rings (SSSR count). The van der Waals surface area contributed by atoms with Gasteiger partial charge in [-0.2, -0.15) is 0 Å². The van der Waals surface area contributed by atoms with Crippen LogP contribution in [-0.4, -0.2) is 64.1 Å². The van der Waals surface area contributed by atoms with Gasteiger partial charge >= 0.3 is 0 Å². The molecule has 3 aromatic rings. The molecule has 1 aromatic heterocycles. The summed E-state index contributed by atoms with van der Waals surface area (Å²) in [7, 11) is 0. The van der Waals surface area contributed by atoms with Crippen molar-refractivity contribution in [2.24, 2.45) is 10.1 Å². The zero-order valence-electron chi connectivity index (χ0n) is 16.7. The zero-order chi connectivity index (χ0) is 20.9. The van der Waals surface area contributed by atoms with E-state index in [1.165, 1.54) is 0 Å². The van der Waals surface area contributed by atoms with E-state index in [-0.39, 0.29) is 24.4 Å². The van der Waals surface area contributed by atoms with Crippen molar-refractivity contribution in [2.45, 2.75) is 18.5 Å². The molecule has 3 N–H and O–H groups in total. The van der Waals surface area contributed by atoms with E-state index in [0.29, 0.717) is 23.0 Å². The van der Waals surface area contributed by atoms with Gasteiger partial charge in [-0.05, 0) is 18.6 Å². The van der Waals surface area contributed by atoms with Gasteiger partial charge in [-0.1, -0.05) is 41.6 Å². The molecule has 0 unspecified atom stereocenters. The summed E-state index contributed by atoms with van der Waals surface area (Å²) in [6, 6.07) is 15.9. The Morgan fingerprint density at radius 3 is 2.90 bits per heavy atom. The van der Waals surface area contributed by atoms with E-state index in [1.807, 2.05) is 53.4 Å². The van der Waals surface area contributed by atoms with Crippen LogP contribution in [0.5, 0.6) is 5.88 Å². The third-order valence-corrected chi connectivity index (χ3v) is 6.26. The van der Waals surface area contributed by atoms with Crippen molar-refractivity contribution >= 4 is 33.9 Å². The summed E-state index contributed by atoms with van der Waals surface area (Å²) in [5, 5.41) is 19.2. The number of oxime groups is 1. The lowest BCUT2D eigenvalue weighted by Crippen LogP contribution is -2.47. The second kappa shape index (κ2) is 6.95. The maximum absolute atomic E-state index is 12.6. The minimum absolute atomic E-state index is 0.0251. The number of hydrogen-bond acceptors (Lipinski definition) is 6. The number of nitrogens with one attached hydrogen (secondary N) is 2. The van der Waals surface area contributed by atoms with Crippen LogP contribution in [0.25, 0.3) is 10.9 Å².